The third kappa shape index (κ3) is 3.78. The van der Waals surface area contributed by atoms with Crippen LogP contribution in [0.2, 0.25) is 0 Å². The van der Waals surface area contributed by atoms with Crippen LogP contribution in [0.25, 0.3) is 48.7 Å². The number of hydrogen-bond donors (Lipinski definition) is 4. The quantitative estimate of drug-likeness (QED) is 0.201. The number of benzene rings is 3. The second kappa shape index (κ2) is 8.95. The van der Waals surface area contributed by atoms with Crippen molar-refractivity contribution < 1.29 is 10.2 Å². The average Bonchev–Trinajstić information content (AvgIpc) is 3.63. The minimum atomic E-state index is -0.395. The summed E-state index contributed by atoms with van der Waals surface area (Å²) in [4.78, 5) is 20.7. The highest BCUT2D eigenvalue weighted by atomic mass is 32.2. The first-order valence-electron chi connectivity index (χ1n) is 12.5. The molecule has 5 heterocycles. The number of aromatic nitrogens is 4. The molecule has 0 spiro atoms. The minimum absolute atomic E-state index is 0.0743. The Balaban J connectivity index is 1.36. The van der Waals surface area contributed by atoms with E-state index in [1.165, 1.54) is 29.7 Å². The molecule has 2 aliphatic heterocycles. The lowest BCUT2D eigenvalue weighted by Gasteiger charge is -2.24. The van der Waals surface area contributed by atoms with Gasteiger partial charge in [0.25, 0.3) is 5.56 Å². The predicted molar refractivity (Wildman–Crippen MR) is 161 cm³/mol. The molecule has 4 N–H and O–H groups in total. The van der Waals surface area contributed by atoms with Gasteiger partial charge in [0.05, 0.1) is 45.0 Å². The maximum absolute atomic E-state index is 13.0. The predicted octanol–water partition coefficient (Wildman–Crippen LogP) is 5.57. The molecule has 3 aromatic heterocycles. The van der Waals surface area contributed by atoms with E-state index in [0.717, 1.165) is 32.6 Å². The third-order valence-corrected chi connectivity index (χ3v) is 8.56. The maximum Gasteiger partial charge on any atom is 0.260 e. The van der Waals surface area contributed by atoms with Crippen molar-refractivity contribution in [1.29, 1.82) is 0 Å². The zero-order valence-electron chi connectivity index (χ0n) is 20.9. The number of para-hydroxylation sites is 1. The second-order valence-electron chi connectivity index (χ2n) is 9.54. The number of H-pyrrole nitrogens is 1. The summed E-state index contributed by atoms with van der Waals surface area (Å²) < 4.78 is 10.5. The molecular formula is C30H17N6O3S2. The molecule has 6 aromatic rings. The number of rotatable bonds is 3. The molecule has 0 aliphatic carbocycles. The molecule has 197 valence electrons. The van der Waals surface area contributed by atoms with Gasteiger partial charge in [0, 0.05) is 34.4 Å². The largest absolute Gasteiger partial charge is 0.507 e. The number of phenolic OH excluding ortho intramolecular Hbond substituents is 2. The summed E-state index contributed by atoms with van der Waals surface area (Å²) in [5.41, 5.74) is 5.92. The van der Waals surface area contributed by atoms with E-state index in [2.05, 4.69) is 25.4 Å². The van der Waals surface area contributed by atoms with E-state index in [-0.39, 0.29) is 16.9 Å². The Hall–Kier alpha value is -5.13. The van der Waals surface area contributed by atoms with Gasteiger partial charge in [-0.1, -0.05) is 40.9 Å². The fraction of sp³-hybridized carbons (Fsp3) is 0. The van der Waals surface area contributed by atoms with Gasteiger partial charge in [0.15, 0.2) is 0 Å². The van der Waals surface area contributed by atoms with E-state index in [9.17, 15) is 15.0 Å². The SMILES string of the molecule is O=c1[nH]c(C2=CN3SNC(c4ccc5snnc5c4)=C3C(c3ccc4cccc(O)c4n3)=[C]2)cc2cccc(O)c12. The Bertz CT molecular complexity index is 2230. The van der Waals surface area contributed by atoms with Gasteiger partial charge < -0.3 is 19.9 Å². The van der Waals surface area contributed by atoms with Crippen molar-refractivity contribution in [2.24, 2.45) is 0 Å². The van der Waals surface area contributed by atoms with Crippen LogP contribution in [0.3, 0.4) is 0 Å². The van der Waals surface area contributed by atoms with E-state index in [1.807, 2.05) is 53.0 Å². The number of pyridine rings is 2. The minimum Gasteiger partial charge on any atom is -0.507 e. The standard InChI is InChI=1S/C30H17N6O3S2/c37-23-5-2-4-16-12-21(32-30(39)26(16)23)18-11-19(20-9-7-15-3-1-6-24(38)27(15)31-20)29-28(34-41-36(29)14-18)17-8-10-25-22(13-17)33-35-40-25/h1-10,12-14,34,37-38H,(H,32,39). The summed E-state index contributed by atoms with van der Waals surface area (Å²) in [6, 6.07) is 21.9. The Kier molecular flexibility index (Phi) is 5.18. The highest BCUT2D eigenvalue weighted by molar-refractivity contribution is 7.96. The highest BCUT2D eigenvalue weighted by Gasteiger charge is 2.32. The lowest BCUT2D eigenvalue weighted by Crippen LogP contribution is -2.15. The van der Waals surface area contributed by atoms with Crippen LogP contribution in [0, 0.1) is 6.08 Å². The van der Waals surface area contributed by atoms with Crippen LogP contribution < -0.4 is 10.3 Å². The number of phenols is 2. The molecule has 8 rings (SSSR count). The van der Waals surface area contributed by atoms with Crippen LogP contribution in [0.5, 0.6) is 11.5 Å². The second-order valence-corrected chi connectivity index (χ2v) is 11.1. The van der Waals surface area contributed by atoms with E-state index in [1.54, 1.807) is 24.3 Å². The first kappa shape index (κ1) is 23.7. The van der Waals surface area contributed by atoms with Crippen molar-refractivity contribution in [1.82, 2.24) is 28.6 Å². The average molecular weight is 574 g/mol. The lowest BCUT2D eigenvalue weighted by molar-refractivity contribution is 0.480. The summed E-state index contributed by atoms with van der Waals surface area (Å²) in [5.74, 6) is 0.0106. The number of fused-ring (bicyclic) bond motifs is 4. The van der Waals surface area contributed by atoms with E-state index >= 15 is 0 Å². The molecule has 0 fully saturated rings. The molecule has 0 amide bonds. The van der Waals surface area contributed by atoms with E-state index in [4.69, 9.17) is 4.98 Å². The van der Waals surface area contributed by atoms with Crippen molar-refractivity contribution in [2.45, 2.75) is 0 Å². The Morgan fingerprint density at radius 2 is 1.78 bits per heavy atom. The summed E-state index contributed by atoms with van der Waals surface area (Å²) in [6.07, 6.45) is 5.40. The third-order valence-electron chi connectivity index (χ3n) is 7.08. The molecular weight excluding hydrogens is 557 g/mol. The van der Waals surface area contributed by atoms with E-state index < -0.39 is 5.56 Å². The highest BCUT2D eigenvalue weighted by Crippen LogP contribution is 2.45. The van der Waals surface area contributed by atoms with Crippen molar-refractivity contribution >= 4 is 72.4 Å². The first-order chi connectivity index (χ1) is 20.0. The van der Waals surface area contributed by atoms with Gasteiger partial charge in [-0.2, -0.15) is 0 Å². The van der Waals surface area contributed by atoms with Crippen LogP contribution in [-0.4, -0.2) is 34.1 Å². The fourth-order valence-electron chi connectivity index (χ4n) is 5.14. The smallest absolute Gasteiger partial charge is 0.260 e. The normalized spacial score (nSPS) is 14.9. The monoisotopic (exact) mass is 573 g/mol. The molecule has 11 heteroatoms. The van der Waals surface area contributed by atoms with Crippen LogP contribution in [0.4, 0.5) is 0 Å². The molecule has 1 radical (unpaired) electrons. The van der Waals surface area contributed by atoms with Gasteiger partial charge in [0.1, 0.15) is 22.5 Å². The molecule has 3 aromatic carbocycles. The van der Waals surface area contributed by atoms with Crippen LogP contribution in [-0.2, 0) is 0 Å². The van der Waals surface area contributed by atoms with Gasteiger partial charge in [-0.05, 0) is 53.3 Å². The summed E-state index contributed by atoms with van der Waals surface area (Å²) in [6.45, 7) is 0. The van der Waals surface area contributed by atoms with Crippen molar-refractivity contribution in [3.8, 4) is 11.5 Å². The zero-order chi connectivity index (χ0) is 27.7. The number of aromatic amines is 1. The molecule has 0 atom stereocenters. The Morgan fingerprint density at radius 1 is 0.927 bits per heavy atom. The molecule has 41 heavy (non-hydrogen) atoms. The molecule has 0 saturated heterocycles. The molecule has 0 saturated carbocycles. The number of aromatic hydroxyl groups is 2. The van der Waals surface area contributed by atoms with Gasteiger partial charge in [-0.25, -0.2) is 4.98 Å². The van der Waals surface area contributed by atoms with Crippen LogP contribution in [0.1, 0.15) is 17.0 Å². The number of allylic oxidation sites excluding steroid dienone is 3. The van der Waals surface area contributed by atoms with Crippen molar-refractivity contribution in [3.05, 3.63) is 118 Å². The topological polar surface area (TPSA) is 127 Å². The summed E-state index contributed by atoms with van der Waals surface area (Å²) in [5, 5.41) is 26.7. The van der Waals surface area contributed by atoms with Crippen LogP contribution >= 0.6 is 23.7 Å². The number of nitrogens with one attached hydrogen (secondary N) is 2. The number of nitrogens with zero attached hydrogens (tertiary/aromatic N) is 4. The van der Waals surface area contributed by atoms with E-state index in [0.29, 0.717) is 33.4 Å². The molecule has 0 unspecified atom stereocenters. The lowest BCUT2D eigenvalue weighted by atomic mass is 9.95. The van der Waals surface area contributed by atoms with Gasteiger partial charge >= 0.3 is 0 Å². The first-order valence-corrected chi connectivity index (χ1v) is 14.1. The Labute approximate surface area is 240 Å². The van der Waals surface area contributed by atoms with Gasteiger partial charge in [-0.15, -0.1) is 5.10 Å². The zero-order valence-corrected chi connectivity index (χ0v) is 22.5. The summed E-state index contributed by atoms with van der Waals surface area (Å²) in [7, 11) is 0. The molecule has 0 bridgehead atoms. The van der Waals surface area contributed by atoms with Crippen molar-refractivity contribution in [2.75, 3.05) is 0 Å². The maximum atomic E-state index is 13.0. The Morgan fingerprint density at radius 3 is 2.68 bits per heavy atom. The van der Waals surface area contributed by atoms with Gasteiger partial charge in [0.2, 0.25) is 0 Å². The fourth-order valence-corrected chi connectivity index (χ4v) is 6.52. The number of hydrogen-bond acceptors (Lipinski definition) is 10. The van der Waals surface area contributed by atoms with Gasteiger partial charge in [-0.3, -0.25) is 9.10 Å². The molecule has 2 aliphatic rings. The summed E-state index contributed by atoms with van der Waals surface area (Å²) >= 11 is 2.72. The van der Waals surface area contributed by atoms with Crippen molar-refractivity contribution in [3.63, 3.8) is 0 Å². The van der Waals surface area contributed by atoms with Crippen LogP contribution in [0.15, 0.2) is 89.5 Å². The molecule has 9 nitrogen and oxygen atoms in total.